The highest BCUT2D eigenvalue weighted by molar-refractivity contribution is 5.79. The Labute approximate surface area is 149 Å². The Kier molecular flexibility index (Phi) is 5.54. The van der Waals surface area contributed by atoms with E-state index in [1.165, 1.54) is 27.8 Å². The average molecular weight is 335 g/mol. The van der Waals surface area contributed by atoms with Crippen molar-refractivity contribution in [3.8, 4) is 5.75 Å². The number of allylic oxidation sites excluding steroid dienone is 1. The lowest BCUT2D eigenvalue weighted by molar-refractivity contribution is -0.120. The first-order chi connectivity index (χ1) is 12.2. The first-order valence-electron chi connectivity index (χ1n) is 8.90. The van der Waals surface area contributed by atoms with Crippen molar-refractivity contribution in [1.29, 1.82) is 0 Å². The lowest BCUT2D eigenvalue weighted by Gasteiger charge is -2.11. The number of carbonyl (C=O) groups excluding carboxylic acids is 1. The molecule has 3 rings (SSSR count). The van der Waals surface area contributed by atoms with Crippen molar-refractivity contribution in [1.82, 2.24) is 5.32 Å². The third kappa shape index (κ3) is 4.11. The summed E-state index contributed by atoms with van der Waals surface area (Å²) in [6.07, 6.45) is 3.31. The second-order valence-electron chi connectivity index (χ2n) is 6.40. The maximum atomic E-state index is 11.6. The molecule has 1 aliphatic carbocycles. The van der Waals surface area contributed by atoms with Crippen LogP contribution in [0.3, 0.4) is 0 Å². The molecule has 25 heavy (non-hydrogen) atoms. The minimum Gasteiger partial charge on any atom is -0.497 e. The highest BCUT2D eigenvalue weighted by Crippen LogP contribution is 2.38. The standard InChI is InChI=1S/C22H25NO2/c1-3-22(24)23-12-11-20-18(13-16-7-5-4-6-8-16)14-17-9-10-19(25-2)15-21(17)20/h4-10,15H,3,11-14H2,1-2H3,(H,23,24). The Morgan fingerprint density at radius 3 is 2.68 bits per heavy atom. The molecule has 1 N–H and O–H groups in total. The number of hydrogen-bond donors (Lipinski definition) is 1. The normalized spacial score (nSPS) is 12.9. The van der Waals surface area contributed by atoms with E-state index in [1.807, 2.05) is 19.1 Å². The van der Waals surface area contributed by atoms with E-state index in [9.17, 15) is 4.79 Å². The summed E-state index contributed by atoms with van der Waals surface area (Å²) in [6, 6.07) is 16.9. The van der Waals surface area contributed by atoms with Crippen LogP contribution in [0, 0.1) is 0 Å². The van der Waals surface area contributed by atoms with Gasteiger partial charge in [-0.1, -0.05) is 48.9 Å². The van der Waals surface area contributed by atoms with Gasteiger partial charge in [-0.15, -0.1) is 0 Å². The third-order valence-electron chi connectivity index (χ3n) is 4.75. The monoisotopic (exact) mass is 335 g/mol. The molecule has 0 unspecified atom stereocenters. The van der Waals surface area contributed by atoms with Gasteiger partial charge in [0.25, 0.3) is 0 Å². The van der Waals surface area contributed by atoms with E-state index in [-0.39, 0.29) is 5.91 Å². The van der Waals surface area contributed by atoms with Gasteiger partial charge in [0.05, 0.1) is 7.11 Å². The lowest BCUT2D eigenvalue weighted by atomic mass is 9.98. The Bertz CT molecular complexity index is 778. The van der Waals surface area contributed by atoms with E-state index < -0.39 is 0 Å². The molecule has 130 valence electrons. The van der Waals surface area contributed by atoms with Gasteiger partial charge in [0.1, 0.15) is 5.75 Å². The predicted molar refractivity (Wildman–Crippen MR) is 102 cm³/mol. The van der Waals surface area contributed by atoms with Gasteiger partial charge in [-0.25, -0.2) is 0 Å². The van der Waals surface area contributed by atoms with Crippen LogP contribution >= 0.6 is 0 Å². The van der Waals surface area contributed by atoms with Crippen molar-refractivity contribution in [2.45, 2.75) is 32.6 Å². The number of methoxy groups -OCH3 is 1. The molecule has 0 heterocycles. The minimum absolute atomic E-state index is 0.106. The van der Waals surface area contributed by atoms with Gasteiger partial charge in [0.2, 0.25) is 5.91 Å². The van der Waals surface area contributed by atoms with Crippen LogP contribution in [0.5, 0.6) is 5.75 Å². The third-order valence-corrected chi connectivity index (χ3v) is 4.75. The smallest absolute Gasteiger partial charge is 0.219 e. The van der Waals surface area contributed by atoms with E-state index in [1.54, 1.807) is 7.11 Å². The molecule has 2 aromatic rings. The van der Waals surface area contributed by atoms with Gasteiger partial charge in [0.15, 0.2) is 0 Å². The van der Waals surface area contributed by atoms with E-state index in [2.05, 4.69) is 41.7 Å². The largest absolute Gasteiger partial charge is 0.497 e. The average Bonchev–Trinajstić information content (AvgIpc) is 2.98. The quantitative estimate of drug-likeness (QED) is 0.825. The Balaban J connectivity index is 1.86. The van der Waals surface area contributed by atoms with Crippen LogP contribution in [0.25, 0.3) is 5.57 Å². The molecular formula is C22H25NO2. The van der Waals surface area contributed by atoms with Crippen molar-refractivity contribution < 1.29 is 9.53 Å². The number of amides is 1. The maximum absolute atomic E-state index is 11.6. The molecular weight excluding hydrogens is 310 g/mol. The van der Waals surface area contributed by atoms with Gasteiger partial charge >= 0.3 is 0 Å². The van der Waals surface area contributed by atoms with E-state index in [4.69, 9.17) is 4.74 Å². The maximum Gasteiger partial charge on any atom is 0.219 e. The molecule has 3 nitrogen and oxygen atoms in total. The fraction of sp³-hybridized carbons (Fsp3) is 0.318. The molecule has 0 atom stereocenters. The summed E-state index contributed by atoms with van der Waals surface area (Å²) >= 11 is 0. The Morgan fingerprint density at radius 2 is 1.96 bits per heavy atom. The number of carbonyl (C=O) groups is 1. The zero-order valence-corrected chi connectivity index (χ0v) is 15.0. The summed E-state index contributed by atoms with van der Waals surface area (Å²) in [4.78, 5) is 11.6. The van der Waals surface area contributed by atoms with Crippen LogP contribution in [0.2, 0.25) is 0 Å². The molecule has 0 saturated heterocycles. The van der Waals surface area contributed by atoms with Crippen LogP contribution in [0.15, 0.2) is 54.1 Å². The Morgan fingerprint density at radius 1 is 1.16 bits per heavy atom. The molecule has 1 amide bonds. The SMILES string of the molecule is CCC(=O)NCCC1=C(Cc2ccccc2)Cc2ccc(OC)cc21. The van der Waals surface area contributed by atoms with Crippen molar-refractivity contribution in [3.05, 3.63) is 70.8 Å². The summed E-state index contributed by atoms with van der Waals surface area (Å²) in [6.45, 7) is 2.56. The molecule has 0 saturated carbocycles. The fourth-order valence-electron chi connectivity index (χ4n) is 3.42. The molecule has 1 aliphatic rings. The first kappa shape index (κ1) is 17.3. The topological polar surface area (TPSA) is 38.3 Å². The van der Waals surface area contributed by atoms with E-state index in [0.717, 1.165) is 25.0 Å². The minimum atomic E-state index is 0.106. The number of rotatable bonds is 7. The number of nitrogens with one attached hydrogen (secondary N) is 1. The zero-order valence-electron chi connectivity index (χ0n) is 15.0. The van der Waals surface area contributed by atoms with Crippen LogP contribution in [-0.4, -0.2) is 19.6 Å². The van der Waals surface area contributed by atoms with Crippen molar-refractivity contribution in [2.75, 3.05) is 13.7 Å². The summed E-state index contributed by atoms with van der Waals surface area (Å²) in [7, 11) is 1.70. The summed E-state index contributed by atoms with van der Waals surface area (Å²) in [5.74, 6) is 0.990. The van der Waals surface area contributed by atoms with Crippen LogP contribution in [0.4, 0.5) is 0 Å². The van der Waals surface area contributed by atoms with Crippen molar-refractivity contribution in [3.63, 3.8) is 0 Å². The lowest BCUT2D eigenvalue weighted by Crippen LogP contribution is -2.23. The van der Waals surface area contributed by atoms with Crippen LogP contribution in [-0.2, 0) is 17.6 Å². The second-order valence-corrected chi connectivity index (χ2v) is 6.40. The second kappa shape index (κ2) is 8.02. The number of fused-ring (bicyclic) bond motifs is 1. The number of ether oxygens (including phenoxy) is 1. The molecule has 0 fully saturated rings. The molecule has 2 aromatic carbocycles. The van der Waals surface area contributed by atoms with Crippen molar-refractivity contribution in [2.24, 2.45) is 0 Å². The highest BCUT2D eigenvalue weighted by Gasteiger charge is 2.22. The first-order valence-corrected chi connectivity index (χ1v) is 8.90. The van der Waals surface area contributed by atoms with Gasteiger partial charge in [-0.2, -0.15) is 0 Å². The summed E-state index contributed by atoms with van der Waals surface area (Å²) in [5, 5.41) is 3.00. The molecule has 0 spiro atoms. The fourth-order valence-corrected chi connectivity index (χ4v) is 3.42. The van der Waals surface area contributed by atoms with Crippen LogP contribution in [0.1, 0.15) is 36.5 Å². The zero-order chi connectivity index (χ0) is 17.6. The van der Waals surface area contributed by atoms with Crippen molar-refractivity contribution >= 4 is 11.5 Å². The predicted octanol–water partition coefficient (Wildman–Crippen LogP) is 4.16. The number of hydrogen-bond acceptors (Lipinski definition) is 2. The molecule has 0 bridgehead atoms. The molecule has 0 aromatic heterocycles. The Hall–Kier alpha value is -2.55. The number of benzene rings is 2. The molecule has 3 heteroatoms. The van der Waals surface area contributed by atoms with Gasteiger partial charge in [-0.05, 0) is 53.7 Å². The van der Waals surface area contributed by atoms with E-state index >= 15 is 0 Å². The summed E-state index contributed by atoms with van der Waals surface area (Å²) in [5.41, 5.74) is 6.75. The van der Waals surface area contributed by atoms with Gasteiger partial charge < -0.3 is 10.1 Å². The van der Waals surface area contributed by atoms with Gasteiger partial charge in [-0.3, -0.25) is 4.79 Å². The molecule has 0 aliphatic heterocycles. The highest BCUT2D eigenvalue weighted by atomic mass is 16.5. The van der Waals surface area contributed by atoms with Gasteiger partial charge in [0, 0.05) is 13.0 Å². The summed E-state index contributed by atoms with van der Waals surface area (Å²) < 4.78 is 5.41. The van der Waals surface area contributed by atoms with E-state index in [0.29, 0.717) is 13.0 Å². The van der Waals surface area contributed by atoms with Crippen LogP contribution < -0.4 is 10.1 Å². The molecule has 0 radical (unpaired) electrons.